The number of carbonyl (C=O) groups excluding carboxylic acids is 1. The number of unbranched alkanes of at least 4 members (excludes halogenated alkanes) is 1. The topological polar surface area (TPSA) is 81.8 Å². The molecule has 0 aliphatic carbocycles. The molecule has 2 aliphatic rings. The zero-order chi connectivity index (χ0) is 27.4. The third-order valence-corrected chi connectivity index (χ3v) is 8.41. The van der Waals surface area contributed by atoms with Crippen LogP contribution in [0.15, 0.2) is 34.0 Å². The third-order valence-electron chi connectivity index (χ3n) is 7.03. The number of likely N-dealkylation sites (N-methyl/N-ethyl adjacent to an activating group) is 1. The maximum Gasteiger partial charge on any atom is 0.270 e. The van der Waals surface area contributed by atoms with Crippen LogP contribution in [0.1, 0.15) is 42.0 Å². The van der Waals surface area contributed by atoms with Crippen molar-refractivity contribution in [3.8, 4) is 11.8 Å². The van der Waals surface area contributed by atoms with Gasteiger partial charge < -0.3 is 14.5 Å². The monoisotopic (exact) mass is 551 g/mol. The molecule has 0 spiro atoms. The molecule has 3 heterocycles. The molecule has 10 heteroatoms. The van der Waals surface area contributed by atoms with E-state index in [1.165, 1.54) is 11.8 Å². The average Bonchev–Trinajstić information content (AvgIpc) is 3.18. The van der Waals surface area contributed by atoms with Crippen molar-refractivity contribution in [2.24, 2.45) is 0 Å². The Hall–Kier alpha value is -3.13. The fourth-order valence-electron chi connectivity index (χ4n) is 4.71. The van der Waals surface area contributed by atoms with Crippen molar-refractivity contribution in [1.29, 1.82) is 5.26 Å². The van der Waals surface area contributed by atoms with Crippen molar-refractivity contribution in [3.63, 3.8) is 0 Å². The zero-order valence-corrected chi connectivity index (χ0v) is 24.0. The van der Waals surface area contributed by atoms with E-state index in [0.717, 1.165) is 61.7 Å². The number of thioether (sulfide) groups is 1. The summed E-state index contributed by atoms with van der Waals surface area (Å²) in [5, 5.41) is 9.89. The first kappa shape index (κ1) is 27.9. The molecule has 4 rings (SSSR count). The predicted molar refractivity (Wildman–Crippen MR) is 156 cm³/mol. The number of hydrogen-bond acceptors (Lipinski definition) is 8. The van der Waals surface area contributed by atoms with Crippen molar-refractivity contribution in [2.45, 2.75) is 39.8 Å². The smallest absolute Gasteiger partial charge is 0.270 e. The summed E-state index contributed by atoms with van der Waals surface area (Å²) in [4.78, 5) is 33.5. The number of anilines is 1. The first-order chi connectivity index (χ1) is 18.3. The third kappa shape index (κ3) is 5.65. The minimum atomic E-state index is -0.267. The highest BCUT2D eigenvalue weighted by Crippen LogP contribution is 2.37. The number of thiocarbonyl (C=S) groups is 1. The summed E-state index contributed by atoms with van der Waals surface area (Å²) in [7, 11) is 3.70. The van der Waals surface area contributed by atoms with E-state index in [1.54, 1.807) is 23.5 Å². The van der Waals surface area contributed by atoms with Gasteiger partial charge in [-0.1, -0.05) is 49.5 Å². The summed E-state index contributed by atoms with van der Waals surface area (Å²) in [5.74, 6) is 1.36. The van der Waals surface area contributed by atoms with Gasteiger partial charge in [-0.05, 0) is 49.7 Å². The summed E-state index contributed by atoms with van der Waals surface area (Å²) < 4.78 is 7.45. The van der Waals surface area contributed by atoms with E-state index >= 15 is 0 Å². The van der Waals surface area contributed by atoms with Gasteiger partial charge in [0.15, 0.2) is 0 Å². The van der Waals surface area contributed by atoms with Crippen LogP contribution in [0.5, 0.6) is 5.75 Å². The fourth-order valence-corrected chi connectivity index (χ4v) is 5.94. The number of methoxy groups -OCH3 is 1. The summed E-state index contributed by atoms with van der Waals surface area (Å²) in [6.45, 7) is 8.00. The Morgan fingerprint density at radius 2 is 1.84 bits per heavy atom. The number of amides is 1. The molecule has 0 radical (unpaired) electrons. The molecule has 1 aromatic carbocycles. The second kappa shape index (κ2) is 12.2. The lowest BCUT2D eigenvalue weighted by molar-refractivity contribution is -0.122. The molecule has 1 aromatic heterocycles. The van der Waals surface area contributed by atoms with E-state index < -0.39 is 0 Å². The normalized spacial score (nSPS) is 17.4. The van der Waals surface area contributed by atoms with Gasteiger partial charge in [0.25, 0.3) is 11.5 Å². The number of nitriles is 1. The van der Waals surface area contributed by atoms with Crippen LogP contribution >= 0.6 is 24.0 Å². The Kier molecular flexibility index (Phi) is 8.92. The van der Waals surface area contributed by atoms with Gasteiger partial charge in [-0.25, -0.2) is 0 Å². The summed E-state index contributed by atoms with van der Waals surface area (Å²) in [5.41, 5.74) is 2.14. The predicted octanol–water partition coefficient (Wildman–Crippen LogP) is 3.99. The quantitative estimate of drug-likeness (QED) is 0.360. The van der Waals surface area contributed by atoms with Gasteiger partial charge in [0.05, 0.1) is 18.6 Å². The molecular formula is C28H33N5O3S2. The molecule has 2 aliphatic heterocycles. The van der Waals surface area contributed by atoms with Gasteiger partial charge >= 0.3 is 0 Å². The molecule has 200 valence electrons. The number of aromatic nitrogens is 1. The molecule has 0 N–H and O–H groups in total. The van der Waals surface area contributed by atoms with E-state index in [2.05, 4.69) is 29.8 Å². The van der Waals surface area contributed by atoms with Gasteiger partial charge in [0.1, 0.15) is 27.5 Å². The highest BCUT2D eigenvalue weighted by atomic mass is 32.2. The zero-order valence-electron chi connectivity index (χ0n) is 22.3. The number of benzene rings is 1. The van der Waals surface area contributed by atoms with Crippen LogP contribution in [0.3, 0.4) is 0 Å². The van der Waals surface area contributed by atoms with Crippen LogP contribution in [0.2, 0.25) is 0 Å². The van der Waals surface area contributed by atoms with Gasteiger partial charge in [-0.2, -0.15) is 5.26 Å². The summed E-state index contributed by atoms with van der Waals surface area (Å²) >= 11 is 6.85. The number of carbonyl (C=O) groups is 1. The Bertz CT molecular complexity index is 1350. The minimum absolute atomic E-state index is 0.124. The molecule has 0 unspecified atom stereocenters. The van der Waals surface area contributed by atoms with Crippen LogP contribution < -0.4 is 15.2 Å². The number of rotatable bonds is 8. The second-order valence-corrected chi connectivity index (χ2v) is 11.2. The first-order valence-corrected chi connectivity index (χ1v) is 14.0. The lowest BCUT2D eigenvalue weighted by Crippen LogP contribution is -2.47. The van der Waals surface area contributed by atoms with E-state index in [0.29, 0.717) is 27.9 Å². The van der Waals surface area contributed by atoms with Crippen molar-refractivity contribution >= 4 is 46.1 Å². The highest BCUT2D eigenvalue weighted by molar-refractivity contribution is 8.26. The van der Waals surface area contributed by atoms with Crippen LogP contribution in [0.4, 0.5) is 5.82 Å². The molecule has 8 nitrogen and oxygen atoms in total. The van der Waals surface area contributed by atoms with Crippen molar-refractivity contribution < 1.29 is 9.53 Å². The highest BCUT2D eigenvalue weighted by Gasteiger charge is 2.33. The van der Waals surface area contributed by atoms with Crippen LogP contribution in [-0.2, 0) is 17.9 Å². The Balaban J connectivity index is 1.78. The molecule has 1 amide bonds. The molecule has 2 aromatic rings. The molecule has 2 fully saturated rings. The van der Waals surface area contributed by atoms with Gasteiger partial charge in [-0.3, -0.25) is 19.1 Å². The number of nitrogens with zero attached hydrogens (tertiary/aromatic N) is 5. The molecule has 38 heavy (non-hydrogen) atoms. The average molecular weight is 552 g/mol. The van der Waals surface area contributed by atoms with Gasteiger partial charge in [-0.15, -0.1) is 0 Å². The SMILES string of the molecule is CCCCn1c(N2CCN(C)CC2)c(C=C2SC(=S)N(Cc3ccc(OC)cc3)C2=O)c(C)c(C#N)c1=O. The minimum Gasteiger partial charge on any atom is -0.497 e. The summed E-state index contributed by atoms with van der Waals surface area (Å²) in [6.07, 6.45) is 3.57. The van der Waals surface area contributed by atoms with Gasteiger partial charge in [0.2, 0.25) is 0 Å². The molecular weight excluding hydrogens is 518 g/mol. The Morgan fingerprint density at radius 1 is 1.16 bits per heavy atom. The van der Waals surface area contributed by atoms with Crippen molar-refractivity contribution in [1.82, 2.24) is 14.4 Å². The maximum atomic E-state index is 13.5. The molecule has 0 saturated carbocycles. The van der Waals surface area contributed by atoms with Crippen molar-refractivity contribution in [2.75, 3.05) is 45.2 Å². The number of ether oxygens (including phenoxy) is 1. The van der Waals surface area contributed by atoms with Crippen LogP contribution in [-0.4, -0.2) is 64.9 Å². The van der Waals surface area contributed by atoms with E-state index in [1.807, 2.05) is 30.3 Å². The Morgan fingerprint density at radius 3 is 2.45 bits per heavy atom. The maximum absolute atomic E-state index is 13.5. The van der Waals surface area contributed by atoms with Crippen molar-refractivity contribution in [3.05, 3.63) is 61.8 Å². The number of pyridine rings is 1. The molecule has 0 atom stereocenters. The Labute approximate surface area is 233 Å². The second-order valence-electron chi connectivity index (χ2n) is 9.57. The number of piperazine rings is 1. The summed E-state index contributed by atoms with van der Waals surface area (Å²) in [6, 6.07) is 9.68. The van der Waals surface area contributed by atoms with Crippen LogP contribution in [0, 0.1) is 18.3 Å². The fraction of sp³-hybridized carbons (Fsp3) is 0.429. The standard InChI is InChI=1S/C28H33N5O3S2/c1-5-6-11-32-25(31-14-12-30(3)13-15-31)22(19(2)23(17-29)26(32)34)16-24-27(35)33(28(37)38-24)18-20-7-9-21(36-4)10-8-20/h7-10,16H,5-6,11-15,18H2,1-4H3. The van der Waals surface area contributed by atoms with Gasteiger partial charge in [0, 0.05) is 38.3 Å². The lowest BCUT2D eigenvalue weighted by atomic mass is 10.0. The first-order valence-electron chi connectivity index (χ1n) is 12.8. The molecule has 2 saturated heterocycles. The number of hydrogen-bond donors (Lipinski definition) is 0. The van der Waals surface area contributed by atoms with E-state index in [-0.39, 0.29) is 17.0 Å². The molecule has 0 bridgehead atoms. The van der Waals surface area contributed by atoms with E-state index in [9.17, 15) is 14.9 Å². The van der Waals surface area contributed by atoms with E-state index in [4.69, 9.17) is 17.0 Å². The largest absolute Gasteiger partial charge is 0.497 e. The lowest BCUT2D eigenvalue weighted by Gasteiger charge is -2.36. The van der Waals surface area contributed by atoms with Crippen LogP contribution in [0.25, 0.3) is 6.08 Å².